The summed E-state index contributed by atoms with van der Waals surface area (Å²) in [5.41, 5.74) is 4.98. The average Bonchev–Trinajstić information content (AvgIpc) is 2.86. The lowest BCUT2D eigenvalue weighted by Gasteiger charge is -2.30. The van der Waals surface area contributed by atoms with Crippen molar-refractivity contribution in [3.05, 3.63) is 47.2 Å². The summed E-state index contributed by atoms with van der Waals surface area (Å²) >= 11 is 0. The van der Waals surface area contributed by atoms with Crippen LogP contribution in [0.5, 0.6) is 0 Å². The smallest absolute Gasteiger partial charge is 0.0639 e. The SMILES string of the molecule is CN[C@@H]1Cc2c[nH]c3cccc(c23)[C@H]1/C=C(\C)CO. The summed E-state index contributed by atoms with van der Waals surface area (Å²) in [4.78, 5) is 3.35. The Morgan fingerprint density at radius 1 is 1.53 bits per heavy atom. The molecule has 3 nitrogen and oxygen atoms in total. The Morgan fingerprint density at radius 2 is 2.37 bits per heavy atom. The molecule has 100 valence electrons. The minimum absolute atomic E-state index is 0.128. The van der Waals surface area contributed by atoms with E-state index in [1.165, 1.54) is 22.0 Å². The molecule has 1 aromatic heterocycles. The Labute approximate surface area is 113 Å². The molecule has 0 radical (unpaired) electrons. The quantitative estimate of drug-likeness (QED) is 0.738. The molecule has 1 aromatic carbocycles. The second kappa shape index (κ2) is 4.83. The molecule has 1 heterocycles. The van der Waals surface area contributed by atoms with Gasteiger partial charge < -0.3 is 15.4 Å². The van der Waals surface area contributed by atoms with E-state index in [4.69, 9.17) is 0 Å². The highest BCUT2D eigenvalue weighted by Gasteiger charge is 2.28. The zero-order valence-electron chi connectivity index (χ0n) is 11.4. The molecule has 0 fully saturated rings. The molecular weight excluding hydrogens is 236 g/mol. The van der Waals surface area contributed by atoms with Crippen LogP contribution in [-0.4, -0.2) is 29.8 Å². The number of hydrogen-bond acceptors (Lipinski definition) is 2. The van der Waals surface area contributed by atoms with Gasteiger partial charge in [0.1, 0.15) is 0 Å². The Morgan fingerprint density at radius 3 is 3.11 bits per heavy atom. The van der Waals surface area contributed by atoms with E-state index in [0.29, 0.717) is 12.0 Å². The van der Waals surface area contributed by atoms with E-state index in [9.17, 15) is 5.11 Å². The van der Waals surface area contributed by atoms with Crippen molar-refractivity contribution in [1.29, 1.82) is 0 Å². The van der Waals surface area contributed by atoms with E-state index in [1.807, 2.05) is 14.0 Å². The Hall–Kier alpha value is -1.58. The first-order chi connectivity index (χ1) is 9.24. The van der Waals surface area contributed by atoms with Crippen LogP contribution in [0.1, 0.15) is 24.0 Å². The van der Waals surface area contributed by atoms with Crippen molar-refractivity contribution in [2.45, 2.75) is 25.3 Å². The van der Waals surface area contributed by atoms with Crippen LogP contribution in [0.25, 0.3) is 10.9 Å². The van der Waals surface area contributed by atoms with Gasteiger partial charge in [-0.1, -0.05) is 23.8 Å². The molecule has 3 heteroatoms. The molecule has 0 saturated carbocycles. The predicted molar refractivity (Wildman–Crippen MR) is 78.4 cm³/mol. The summed E-state index contributed by atoms with van der Waals surface area (Å²) in [5.74, 6) is 0.323. The van der Waals surface area contributed by atoms with Crippen LogP contribution in [0.2, 0.25) is 0 Å². The summed E-state index contributed by atoms with van der Waals surface area (Å²) in [6.07, 6.45) is 5.34. The molecule has 0 bridgehead atoms. The lowest BCUT2D eigenvalue weighted by atomic mass is 9.79. The maximum Gasteiger partial charge on any atom is 0.0639 e. The highest BCUT2D eigenvalue weighted by Crippen LogP contribution is 2.37. The number of nitrogens with one attached hydrogen (secondary N) is 2. The summed E-state index contributed by atoms with van der Waals surface area (Å²) in [5, 5.41) is 14.1. The molecule has 19 heavy (non-hydrogen) atoms. The zero-order chi connectivity index (χ0) is 13.4. The van der Waals surface area contributed by atoms with E-state index in [2.05, 4.69) is 40.8 Å². The van der Waals surface area contributed by atoms with Crippen molar-refractivity contribution in [2.24, 2.45) is 0 Å². The van der Waals surface area contributed by atoms with Gasteiger partial charge in [-0.2, -0.15) is 0 Å². The highest BCUT2D eigenvalue weighted by molar-refractivity contribution is 5.88. The molecule has 2 aromatic rings. The first-order valence-corrected chi connectivity index (χ1v) is 6.79. The normalized spacial score (nSPS) is 23.0. The van der Waals surface area contributed by atoms with E-state index in [0.717, 1.165) is 12.0 Å². The van der Waals surface area contributed by atoms with Gasteiger partial charge in [-0.05, 0) is 37.6 Å². The topological polar surface area (TPSA) is 48.0 Å². The number of aromatic nitrogens is 1. The van der Waals surface area contributed by atoms with Gasteiger partial charge in [0, 0.05) is 29.1 Å². The monoisotopic (exact) mass is 256 g/mol. The second-order valence-electron chi connectivity index (χ2n) is 5.38. The molecule has 2 atom stereocenters. The number of likely N-dealkylation sites (N-methyl/N-ethyl adjacent to an activating group) is 1. The maximum absolute atomic E-state index is 9.28. The fourth-order valence-electron chi connectivity index (χ4n) is 3.15. The van der Waals surface area contributed by atoms with Crippen molar-refractivity contribution >= 4 is 10.9 Å². The molecule has 0 amide bonds. The summed E-state index contributed by atoms with van der Waals surface area (Å²) in [6, 6.07) is 6.82. The third kappa shape index (κ3) is 1.99. The Balaban J connectivity index is 2.17. The summed E-state index contributed by atoms with van der Waals surface area (Å²) in [6.45, 7) is 2.11. The lowest BCUT2D eigenvalue weighted by molar-refractivity contribution is 0.330. The van der Waals surface area contributed by atoms with Crippen LogP contribution in [0, 0.1) is 0 Å². The fraction of sp³-hybridized carbons (Fsp3) is 0.375. The third-order valence-corrected chi connectivity index (χ3v) is 4.14. The second-order valence-corrected chi connectivity index (χ2v) is 5.38. The van der Waals surface area contributed by atoms with Gasteiger partial charge in [0.2, 0.25) is 0 Å². The number of H-pyrrole nitrogens is 1. The van der Waals surface area contributed by atoms with Gasteiger partial charge in [0.15, 0.2) is 0 Å². The predicted octanol–water partition coefficient (Wildman–Crippen LogP) is 2.33. The van der Waals surface area contributed by atoms with Gasteiger partial charge in [0.05, 0.1) is 6.61 Å². The van der Waals surface area contributed by atoms with E-state index >= 15 is 0 Å². The summed E-state index contributed by atoms with van der Waals surface area (Å²) < 4.78 is 0. The number of hydrogen-bond donors (Lipinski definition) is 3. The van der Waals surface area contributed by atoms with Crippen molar-refractivity contribution in [1.82, 2.24) is 10.3 Å². The van der Waals surface area contributed by atoms with Gasteiger partial charge in [0.25, 0.3) is 0 Å². The number of rotatable bonds is 3. The molecule has 3 rings (SSSR count). The Bertz CT molecular complexity index is 627. The first-order valence-electron chi connectivity index (χ1n) is 6.79. The Kier molecular flexibility index (Phi) is 3.17. The van der Waals surface area contributed by atoms with Crippen LogP contribution in [0.15, 0.2) is 36.0 Å². The lowest BCUT2D eigenvalue weighted by Crippen LogP contribution is -2.35. The van der Waals surface area contributed by atoms with Crippen LogP contribution < -0.4 is 5.32 Å². The summed E-state index contributed by atoms with van der Waals surface area (Å²) in [7, 11) is 2.01. The maximum atomic E-state index is 9.28. The number of aromatic amines is 1. The van der Waals surface area contributed by atoms with E-state index in [1.54, 1.807) is 0 Å². The van der Waals surface area contributed by atoms with Gasteiger partial charge in [-0.25, -0.2) is 0 Å². The molecular formula is C16H20N2O. The van der Waals surface area contributed by atoms with Crippen LogP contribution in [-0.2, 0) is 6.42 Å². The third-order valence-electron chi connectivity index (χ3n) is 4.14. The average molecular weight is 256 g/mol. The van der Waals surface area contributed by atoms with Gasteiger partial charge in [-0.15, -0.1) is 0 Å². The molecule has 0 spiro atoms. The van der Waals surface area contributed by atoms with Crippen molar-refractivity contribution < 1.29 is 5.11 Å². The standard InChI is InChI=1S/C16H20N2O/c1-10(9-19)6-13-12-4-3-5-14-16(12)11(8-18-14)7-15(13)17-2/h3-6,8,13,15,17-19H,7,9H2,1-2H3/b10-6+/t13-,15-/m1/s1. The van der Waals surface area contributed by atoms with Crippen LogP contribution in [0.4, 0.5) is 0 Å². The molecule has 0 aliphatic heterocycles. The van der Waals surface area contributed by atoms with Gasteiger partial charge in [-0.3, -0.25) is 0 Å². The first kappa shape index (κ1) is 12.5. The largest absolute Gasteiger partial charge is 0.392 e. The number of aliphatic hydroxyl groups excluding tert-OH is 1. The van der Waals surface area contributed by atoms with Crippen molar-refractivity contribution in [3.8, 4) is 0 Å². The minimum atomic E-state index is 0.128. The van der Waals surface area contributed by atoms with Crippen LogP contribution in [0.3, 0.4) is 0 Å². The minimum Gasteiger partial charge on any atom is -0.392 e. The molecule has 3 N–H and O–H groups in total. The molecule has 1 aliphatic rings. The van der Waals surface area contributed by atoms with Crippen molar-refractivity contribution in [2.75, 3.05) is 13.7 Å². The highest BCUT2D eigenvalue weighted by atomic mass is 16.3. The fourth-order valence-corrected chi connectivity index (χ4v) is 3.15. The molecule has 1 aliphatic carbocycles. The van der Waals surface area contributed by atoms with Crippen molar-refractivity contribution in [3.63, 3.8) is 0 Å². The molecule has 0 saturated heterocycles. The van der Waals surface area contributed by atoms with E-state index in [-0.39, 0.29) is 6.61 Å². The molecule has 0 unspecified atom stereocenters. The van der Waals surface area contributed by atoms with Gasteiger partial charge >= 0.3 is 0 Å². The van der Waals surface area contributed by atoms with Crippen LogP contribution >= 0.6 is 0 Å². The number of aliphatic hydroxyl groups is 1. The zero-order valence-corrected chi connectivity index (χ0v) is 11.4. The van der Waals surface area contributed by atoms with E-state index < -0.39 is 0 Å². The number of benzene rings is 1.